The number of nitrogens with two attached hydrogens (primary N) is 1. The Bertz CT molecular complexity index is 485. The van der Waals surface area contributed by atoms with Crippen LogP contribution in [0.25, 0.3) is 0 Å². The van der Waals surface area contributed by atoms with Gasteiger partial charge in [-0.15, -0.1) is 0 Å². The van der Waals surface area contributed by atoms with Crippen LogP contribution in [0.4, 0.5) is 5.69 Å². The molecule has 0 aliphatic heterocycles. The molecule has 0 radical (unpaired) electrons. The van der Waals surface area contributed by atoms with Gasteiger partial charge in [0.25, 0.3) is 0 Å². The molecule has 2 rings (SSSR count). The van der Waals surface area contributed by atoms with Gasteiger partial charge in [-0.1, -0.05) is 48.0 Å². The highest BCUT2D eigenvalue weighted by Crippen LogP contribution is 2.21. The van der Waals surface area contributed by atoms with Gasteiger partial charge in [-0.25, -0.2) is 0 Å². The van der Waals surface area contributed by atoms with E-state index in [0.29, 0.717) is 6.54 Å². The van der Waals surface area contributed by atoms with Crippen molar-refractivity contribution in [2.24, 2.45) is 5.73 Å². The third kappa shape index (κ3) is 3.49. The molecule has 2 aromatic carbocycles. The molecule has 0 heterocycles. The van der Waals surface area contributed by atoms with Crippen LogP contribution in [0.3, 0.4) is 0 Å². The summed E-state index contributed by atoms with van der Waals surface area (Å²) >= 11 is 6.03. The number of halogens is 1. The zero-order valence-corrected chi connectivity index (χ0v) is 11.0. The molecule has 0 aliphatic carbocycles. The molecule has 94 valence electrons. The van der Waals surface area contributed by atoms with E-state index in [1.807, 2.05) is 36.4 Å². The van der Waals surface area contributed by atoms with Crippen molar-refractivity contribution < 1.29 is 0 Å². The lowest BCUT2D eigenvalue weighted by atomic mass is 10.2. The number of benzene rings is 2. The van der Waals surface area contributed by atoms with Crippen LogP contribution in [0.15, 0.2) is 54.6 Å². The van der Waals surface area contributed by atoms with Gasteiger partial charge in [0.2, 0.25) is 0 Å². The van der Waals surface area contributed by atoms with E-state index in [4.69, 9.17) is 17.3 Å². The predicted molar refractivity (Wildman–Crippen MR) is 78.0 cm³/mol. The Hall–Kier alpha value is -1.51. The van der Waals surface area contributed by atoms with Gasteiger partial charge in [-0.2, -0.15) is 0 Å². The molecular formula is C15H17ClN2. The van der Waals surface area contributed by atoms with E-state index < -0.39 is 0 Å². The monoisotopic (exact) mass is 260 g/mol. The zero-order valence-electron chi connectivity index (χ0n) is 10.2. The summed E-state index contributed by atoms with van der Waals surface area (Å²) in [7, 11) is 0. The van der Waals surface area contributed by atoms with Crippen LogP contribution in [0.2, 0.25) is 5.02 Å². The number of anilines is 1. The van der Waals surface area contributed by atoms with Gasteiger partial charge in [-0.3, -0.25) is 0 Å². The average molecular weight is 261 g/mol. The molecule has 0 atom stereocenters. The number of rotatable bonds is 5. The maximum atomic E-state index is 6.03. The first-order valence-corrected chi connectivity index (χ1v) is 6.42. The van der Waals surface area contributed by atoms with E-state index in [1.165, 1.54) is 5.56 Å². The van der Waals surface area contributed by atoms with Gasteiger partial charge >= 0.3 is 0 Å². The SMILES string of the molecule is NCCN(Cc1ccccc1)c1cccc(Cl)c1. The van der Waals surface area contributed by atoms with E-state index in [9.17, 15) is 0 Å². The van der Waals surface area contributed by atoms with E-state index in [2.05, 4.69) is 23.1 Å². The first-order valence-electron chi connectivity index (χ1n) is 6.04. The maximum absolute atomic E-state index is 6.03. The highest BCUT2D eigenvalue weighted by molar-refractivity contribution is 6.30. The summed E-state index contributed by atoms with van der Waals surface area (Å²) in [5, 5.41) is 0.752. The molecule has 0 aromatic heterocycles. The molecule has 2 N–H and O–H groups in total. The third-order valence-electron chi connectivity index (χ3n) is 2.79. The largest absolute Gasteiger partial charge is 0.366 e. The smallest absolute Gasteiger partial charge is 0.0430 e. The molecule has 0 spiro atoms. The number of hydrogen-bond donors (Lipinski definition) is 1. The summed E-state index contributed by atoms with van der Waals surface area (Å²) < 4.78 is 0. The van der Waals surface area contributed by atoms with Crippen LogP contribution in [-0.2, 0) is 6.54 Å². The van der Waals surface area contributed by atoms with Crippen LogP contribution in [0.5, 0.6) is 0 Å². The summed E-state index contributed by atoms with van der Waals surface area (Å²) in [6, 6.07) is 18.2. The van der Waals surface area contributed by atoms with E-state index in [1.54, 1.807) is 0 Å². The summed E-state index contributed by atoms with van der Waals surface area (Å²) in [4.78, 5) is 2.24. The standard InChI is InChI=1S/C15H17ClN2/c16-14-7-4-8-15(11-14)18(10-9-17)12-13-5-2-1-3-6-13/h1-8,11H,9-10,12,17H2. The van der Waals surface area contributed by atoms with Crippen molar-refractivity contribution in [1.29, 1.82) is 0 Å². The van der Waals surface area contributed by atoms with Crippen molar-refractivity contribution in [2.45, 2.75) is 6.54 Å². The minimum Gasteiger partial charge on any atom is -0.366 e. The summed E-state index contributed by atoms with van der Waals surface area (Å²) in [5.41, 5.74) is 8.06. The Morgan fingerprint density at radius 3 is 2.44 bits per heavy atom. The van der Waals surface area contributed by atoms with Crippen molar-refractivity contribution in [3.63, 3.8) is 0 Å². The third-order valence-corrected chi connectivity index (χ3v) is 3.02. The maximum Gasteiger partial charge on any atom is 0.0430 e. The van der Waals surface area contributed by atoms with Crippen molar-refractivity contribution in [1.82, 2.24) is 0 Å². The van der Waals surface area contributed by atoms with Crippen molar-refractivity contribution in [2.75, 3.05) is 18.0 Å². The second-order valence-electron chi connectivity index (χ2n) is 4.18. The Labute approximate surface area is 113 Å². The number of nitrogens with zero attached hydrogens (tertiary/aromatic N) is 1. The fraction of sp³-hybridized carbons (Fsp3) is 0.200. The first-order chi connectivity index (χ1) is 8.79. The summed E-state index contributed by atoms with van der Waals surface area (Å²) in [5.74, 6) is 0. The molecule has 2 nitrogen and oxygen atoms in total. The summed E-state index contributed by atoms with van der Waals surface area (Å²) in [6.45, 7) is 2.28. The highest BCUT2D eigenvalue weighted by Gasteiger charge is 2.06. The fourth-order valence-electron chi connectivity index (χ4n) is 1.93. The molecule has 2 aromatic rings. The minimum absolute atomic E-state index is 0.624. The van der Waals surface area contributed by atoms with Gasteiger partial charge in [0.15, 0.2) is 0 Å². The lowest BCUT2D eigenvalue weighted by molar-refractivity contribution is 0.790. The molecular weight excluding hydrogens is 244 g/mol. The topological polar surface area (TPSA) is 29.3 Å². The van der Waals surface area contributed by atoms with Crippen LogP contribution >= 0.6 is 11.6 Å². The van der Waals surface area contributed by atoms with Crippen LogP contribution in [0.1, 0.15) is 5.56 Å². The Morgan fingerprint density at radius 2 is 1.78 bits per heavy atom. The lowest BCUT2D eigenvalue weighted by Gasteiger charge is -2.24. The highest BCUT2D eigenvalue weighted by atomic mass is 35.5. The first kappa shape index (κ1) is 12.9. The van der Waals surface area contributed by atoms with Crippen LogP contribution < -0.4 is 10.6 Å². The Balaban J connectivity index is 2.18. The van der Waals surface area contributed by atoms with Gasteiger partial charge in [0, 0.05) is 30.3 Å². The summed E-state index contributed by atoms with van der Waals surface area (Å²) in [6.07, 6.45) is 0. The molecule has 0 saturated heterocycles. The van der Waals surface area contributed by atoms with E-state index in [0.717, 1.165) is 23.8 Å². The van der Waals surface area contributed by atoms with Gasteiger partial charge in [0.05, 0.1) is 0 Å². The zero-order chi connectivity index (χ0) is 12.8. The normalized spacial score (nSPS) is 10.3. The lowest BCUT2D eigenvalue weighted by Crippen LogP contribution is -2.28. The van der Waals surface area contributed by atoms with Gasteiger partial charge in [-0.05, 0) is 23.8 Å². The van der Waals surface area contributed by atoms with Gasteiger partial charge < -0.3 is 10.6 Å². The van der Waals surface area contributed by atoms with Gasteiger partial charge in [0.1, 0.15) is 0 Å². The van der Waals surface area contributed by atoms with Crippen molar-refractivity contribution in [3.8, 4) is 0 Å². The van der Waals surface area contributed by atoms with E-state index in [-0.39, 0.29) is 0 Å². The quantitative estimate of drug-likeness (QED) is 0.894. The van der Waals surface area contributed by atoms with Crippen LogP contribution in [-0.4, -0.2) is 13.1 Å². The van der Waals surface area contributed by atoms with E-state index >= 15 is 0 Å². The molecule has 0 unspecified atom stereocenters. The Morgan fingerprint density at radius 1 is 1.00 bits per heavy atom. The molecule has 0 saturated carbocycles. The molecule has 0 amide bonds. The fourth-order valence-corrected chi connectivity index (χ4v) is 2.12. The molecule has 18 heavy (non-hydrogen) atoms. The average Bonchev–Trinajstić information content (AvgIpc) is 2.39. The molecule has 0 fully saturated rings. The second kappa shape index (κ2) is 6.43. The predicted octanol–water partition coefficient (Wildman–Crippen LogP) is 3.31. The number of hydrogen-bond acceptors (Lipinski definition) is 2. The van der Waals surface area contributed by atoms with Crippen molar-refractivity contribution >= 4 is 17.3 Å². The van der Waals surface area contributed by atoms with Crippen molar-refractivity contribution in [3.05, 3.63) is 65.2 Å². The molecule has 0 bridgehead atoms. The van der Waals surface area contributed by atoms with Crippen LogP contribution in [0, 0.1) is 0 Å². The minimum atomic E-state index is 0.624. The Kier molecular flexibility index (Phi) is 4.62. The molecule has 0 aliphatic rings. The molecule has 3 heteroatoms. The second-order valence-corrected chi connectivity index (χ2v) is 4.61.